The van der Waals surface area contributed by atoms with Crippen molar-refractivity contribution in [1.82, 2.24) is 5.32 Å². The van der Waals surface area contributed by atoms with Gasteiger partial charge in [-0.15, -0.1) is 0 Å². The molecule has 78 valence electrons. The molecule has 0 amide bonds. The Hall–Kier alpha value is -0.0400. The Balaban J connectivity index is 2.06. The van der Waals surface area contributed by atoms with Crippen molar-refractivity contribution in [2.75, 3.05) is 0 Å². The van der Waals surface area contributed by atoms with Crippen LogP contribution in [0.25, 0.3) is 0 Å². The number of rotatable bonds is 6. The van der Waals surface area contributed by atoms with Gasteiger partial charge in [-0.05, 0) is 38.5 Å². The SMILES string of the molecule is CC(C)CC(C)NC(C)CC1CC1. The average Bonchev–Trinajstić information content (AvgIpc) is 2.67. The van der Waals surface area contributed by atoms with E-state index >= 15 is 0 Å². The topological polar surface area (TPSA) is 12.0 Å². The molecule has 1 aliphatic carbocycles. The van der Waals surface area contributed by atoms with Gasteiger partial charge in [-0.25, -0.2) is 0 Å². The highest BCUT2D eigenvalue weighted by molar-refractivity contribution is 4.79. The van der Waals surface area contributed by atoms with E-state index in [4.69, 9.17) is 0 Å². The van der Waals surface area contributed by atoms with Crippen molar-refractivity contribution in [3.05, 3.63) is 0 Å². The van der Waals surface area contributed by atoms with Gasteiger partial charge in [0.25, 0.3) is 0 Å². The van der Waals surface area contributed by atoms with E-state index in [1.807, 2.05) is 0 Å². The molecule has 0 aromatic rings. The normalized spacial score (nSPS) is 21.9. The Morgan fingerprint density at radius 2 is 1.69 bits per heavy atom. The molecule has 0 aromatic heterocycles. The maximum atomic E-state index is 3.68. The highest BCUT2D eigenvalue weighted by Crippen LogP contribution is 2.33. The Kier molecular flexibility index (Phi) is 4.24. The fourth-order valence-corrected chi connectivity index (χ4v) is 2.18. The molecule has 0 aromatic carbocycles. The standard InChI is InChI=1S/C12H25N/c1-9(2)7-10(3)13-11(4)8-12-5-6-12/h9-13H,5-8H2,1-4H3. The second kappa shape index (κ2) is 4.99. The van der Waals surface area contributed by atoms with Gasteiger partial charge in [0.2, 0.25) is 0 Å². The van der Waals surface area contributed by atoms with Crippen LogP contribution in [-0.2, 0) is 0 Å². The van der Waals surface area contributed by atoms with Gasteiger partial charge in [-0.1, -0.05) is 26.7 Å². The number of nitrogens with one attached hydrogen (secondary N) is 1. The zero-order valence-corrected chi connectivity index (χ0v) is 9.64. The monoisotopic (exact) mass is 183 g/mol. The summed E-state index contributed by atoms with van der Waals surface area (Å²) in [5, 5.41) is 3.68. The van der Waals surface area contributed by atoms with Crippen LogP contribution in [0.4, 0.5) is 0 Å². The van der Waals surface area contributed by atoms with Gasteiger partial charge in [0.05, 0.1) is 0 Å². The fourth-order valence-electron chi connectivity index (χ4n) is 2.18. The van der Waals surface area contributed by atoms with E-state index in [1.165, 1.54) is 25.7 Å². The first-order valence-corrected chi connectivity index (χ1v) is 5.84. The van der Waals surface area contributed by atoms with Gasteiger partial charge in [0.1, 0.15) is 0 Å². The molecule has 0 spiro atoms. The Morgan fingerprint density at radius 1 is 1.08 bits per heavy atom. The first-order chi connectivity index (χ1) is 6.08. The van der Waals surface area contributed by atoms with Crippen molar-refractivity contribution in [3.8, 4) is 0 Å². The van der Waals surface area contributed by atoms with Crippen LogP contribution in [0.2, 0.25) is 0 Å². The molecule has 1 nitrogen and oxygen atoms in total. The molecule has 0 heterocycles. The Bertz CT molecular complexity index is 130. The van der Waals surface area contributed by atoms with Crippen LogP contribution in [0, 0.1) is 11.8 Å². The van der Waals surface area contributed by atoms with Crippen molar-refractivity contribution in [2.45, 2.75) is 65.5 Å². The summed E-state index contributed by atoms with van der Waals surface area (Å²) < 4.78 is 0. The van der Waals surface area contributed by atoms with Crippen molar-refractivity contribution >= 4 is 0 Å². The molecule has 1 aliphatic rings. The largest absolute Gasteiger partial charge is 0.312 e. The van der Waals surface area contributed by atoms with Gasteiger partial charge in [0.15, 0.2) is 0 Å². The van der Waals surface area contributed by atoms with Crippen LogP contribution in [0.1, 0.15) is 53.4 Å². The number of hydrogen-bond donors (Lipinski definition) is 1. The predicted octanol–water partition coefficient (Wildman–Crippen LogP) is 3.20. The second-order valence-electron chi connectivity index (χ2n) is 5.28. The molecule has 1 heteroatoms. The van der Waals surface area contributed by atoms with Crippen molar-refractivity contribution in [1.29, 1.82) is 0 Å². The minimum atomic E-state index is 0.689. The lowest BCUT2D eigenvalue weighted by molar-refractivity contribution is 0.381. The third-order valence-corrected chi connectivity index (χ3v) is 2.78. The summed E-state index contributed by atoms with van der Waals surface area (Å²) in [6.45, 7) is 9.23. The second-order valence-corrected chi connectivity index (χ2v) is 5.28. The Morgan fingerprint density at radius 3 is 2.15 bits per heavy atom. The molecule has 0 saturated heterocycles. The highest BCUT2D eigenvalue weighted by atomic mass is 14.9. The summed E-state index contributed by atoms with van der Waals surface area (Å²) in [7, 11) is 0. The zero-order valence-electron chi connectivity index (χ0n) is 9.64. The van der Waals surface area contributed by atoms with E-state index in [0.717, 1.165) is 17.9 Å². The molecule has 1 rings (SSSR count). The predicted molar refractivity (Wildman–Crippen MR) is 58.9 cm³/mol. The van der Waals surface area contributed by atoms with Crippen LogP contribution in [0.5, 0.6) is 0 Å². The van der Waals surface area contributed by atoms with Crippen molar-refractivity contribution < 1.29 is 0 Å². The van der Waals surface area contributed by atoms with E-state index in [1.54, 1.807) is 0 Å². The van der Waals surface area contributed by atoms with Crippen LogP contribution >= 0.6 is 0 Å². The minimum absolute atomic E-state index is 0.689. The van der Waals surface area contributed by atoms with Crippen LogP contribution < -0.4 is 5.32 Å². The van der Waals surface area contributed by atoms with E-state index in [9.17, 15) is 0 Å². The molecule has 0 aliphatic heterocycles. The van der Waals surface area contributed by atoms with Crippen molar-refractivity contribution in [2.24, 2.45) is 11.8 Å². The summed E-state index contributed by atoms with van der Waals surface area (Å²) in [6.07, 6.45) is 5.65. The average molecular weight is 183 g/mol. The fraction of sp³-hybridized carbons (Fsp3) is 1.00. The molecular weight excluding hydrogens is 158 g/mol. The van der Waals surface area contributed by atoms with Crippen LogP contribution in [-0.4, -0.2) is 12.1 Å². The van der Waals surface area contributed by atoms with Crippen LogP contribution in [0.15, 0.2) is 0 Å². The molecule has 2 unspecified atom stereocenters. The molecule has 1 saturated carbocycles. The van der Waals surface area contributed by atoms with Gasteiger partial charge < -0.3 is 5.32 Å². The lowest BCUT2D eigenvalue weighted by atomic mass is 10.0. The molecule has 1 fully saturated rings. The first kappa shape index (κ1) is 11.0. The smallest absolute Gasteiger partial charge is 0.00438 e. The van der Waals surface area contributed by atoms with Gasteiger partial charge in [0, 0.05) is 12.1 Å². The molecule has 13 heavy (non-hydrogen) atoms. The minimum Gasteiger partial charge on any atom is -0.312 e. The van der Waals surface area contributed by atoms with Gasteiger partial charge in [-0.3, -0.25) is 0 Å². The summed E-state index contributed by atoms with van der Waals surface area (Å²) in [5.74, 6) is 1.87. The third-order valence-electron chi connectivity index (χ3n) is 2.78. The lowest BCUT2D eigenvalue weighted by Crippen LogP contribution is -2.35. The lowest BCUT2D eigenvalue weighted by Gasteiger charge is -2.21. The first-order valence-electron chi connectivity index (χ1n) is 5.84. The molecule has 2 atom stereocenters. The van der Waals surface area contributed by atoms with Crippen LogP contribution in [0.3, 0.4) is 0 Å². The van der Waals surface area contributed by atoms with E-state index in [2.05, 4.69) is 33.0 Å². The molecule has 0 bridgehead atoms. The van der Waals surface area contributed by atoms with Gasteiger partial charge >= 0.3 is 0 Å². The highest BCUT2D eigenvalue weighted by Gasteiger charge is 2.23. The number of hydrogen-bond acceptors (Lipinski definition) is 1. The van der Waals surface area contributed by atoms with Crippen molar-refractivity contribution in [3.63, 3.8) is 0 Å². The van der Waals surface area contributed by atoms with E-state index < -0.39 is 0 Å². The quantitative estimate of drug-likeness (QED) is 0.667. The Labute approximate surface area is 83.3 Å². The third kappa shape index (κ3) is 5.30. The summed E-state index contributed by atoms with van der Waals surface area (Å²) in [4.78, 5) is 0. The maximum Gasteiger partial charge on any atom is 0.00438 e. The summed E-state index contributed by atoms with van der Waals surface area (Å²) in [5.41, 5.74) is 0. The molecular formula is C12H25N. The molecule has 0 radical (unpaired) electrons. The van der Waals surface area contributed by atoms with Gasteiger partial charge in [-0.2, -0.15) is 0 Å². The molecule has 1 N–H and O–H groups in total. The summed E-state index contributed by atoms with van der Waals surface area (Å²) >= 11 is 0. The maximum absolute atomic E-state index is 3.68. The summed E-state index contributed by atoms with van der Waals surface area (Å²) in [6, 6.07) is 1.41. The van der Waals surface area contributed by atoms with E-state index in [-0.39, 0.29) is 0 Å². The zero-order chi connectivity index (χ0) is 9.84. The van der Waals surface area contributed by atoms with E-state index in [0.29, 0.717) is 6.04 Å².